The van der Waals surface area contributed by atoms with E-state index in [9.17, 15) is 0 Å². The molecule has 0 fully saturated rings. The first kappa shape index (κ1) is 15.6. The number of nitrogens with zero attached hydrogens (tertiary/aromatic N) is 2. The Morgan fingerprint density at radius 1 is 0.818 bits per heavy atom. The fraction of sp³-hybridized carbons (Fsp3) is 0.667. The highest BCUT2D eigenvalue weighted by Gasteiger charge is 2.26. The van der Waals surface area contributed by atoms with Crippen molar-refractivity contribution in [3.05, 3.63) is 23.3 Å². The Morgan fingerprint density at radius 3 is 1.68 bits per heavy atom. The van der Waals surface area contributed by atoms with Crippen molar-refractivity contribution >= 4 is 0 Å². The number of benzene rings is 1. The summed E-state index contributed by atoms with van der Waals surface area (Å²) in [5.41, 5.74) is 2.53. The first-order valence-corrected chi connectivity index (χ1v) is 8.66. The second-order valence-corrected chi connectivity index (χ2v) is 6.40. The predicted molar refractivity (Wildman–Crippen MR) is 88.1 cm³/mol. The molecule has 0 saturated carbocycles. The van der Waals surface area contributed by atoms with Crippen molar-refractivity contribution < 1.29 is 9.47 Å². The summed E-state index contributed by atoms with van der Waals surface area (Å²) in [5, 5.41) is 0. The van der Waals surface area contributed by atoms with Gasteiger partial charge < -0.3 is 9.47 Å². The molecule has 4 heteroatoms. The van der Waals surface area contributed by atoms with Gasteiger partial charge in [-0.25, -0.2) is 0 Å². The second kappa shape index (κ2) is 7.34. The SMILES string of the molecule is CCCCN1COc2c(ccc3c2OCN(CCCC)C3)C1. The maximum Gasteiger partial charge on any atom is 0.168 e. The Labute approximate surface area is 134 Å². The number of fused-ring (bicyclic) bond motifs is 3. The normalized spacial score (nSPS) is 18.3. The molecule has 3 rings (SSSR count). The highest BCUT2D eigenvalue weighted by Crippen LogP contribution is 2.40. The molecule has 0 saturated heterocycles. The molecular weight excluding hydrogens is 276 g/mol. The molecular formula is C18H28N2O2. The standard InChI is InChI=1S/C18H28N2O2/c1-3-5-9-19-11-15-7-8-16-12-20(10-6-4-2)14-22-18(16)17(15)21-13-19/h7-8H,3-6,9-14H2,1-2H3. The monoisotopic (exact) mass is 304 g/mol. The summed E-state index contributed by atoms with van der Waals surface area (Å²) >= 11 is 0. The van der Waals surface area contributed by atoms with Crippen molar-refractivity contribution in [3.63, 3.8) is 0 Å². The Morgan fingerprint density at radius 2 is 1.27 bits per heavy atom. The predicted octanol–water partition coefficient (Wildman–Crippen LogP) is 3.59. The molecule has 0 unspecified atom stereocenters. The Bertz CT molecular complexity index is 459. The summed E-state index contributed by atoms with van der Waals surface area (Å²) in [6.07, 6.45) is 4.91. The molecule has 0 amide bonds. The van der Waals surface area contributed by atoms with Crippen LogP contribution >= 0.6 is 0 Å². The summed E-state index contributed by atoms with van der Waals surface area (Å²) in [4.78, 5) is 4.74. The van der Waals surface area contributed by atoms with Gasteiger partial charge in [0.25, 0.3) is 0 Å². The Hall–Kier alpha value is -1.26. The van der Waals surface area contributed by atoms with Gasteiger partial charge in [-0.1, -0.05) is 38.8 Å². The molecule has 22 heavy (non-hydrogen) atoms. The van der Waals surface area contributed by atoms with Gasteiger partial charge in [0.15, 0.2) is 11.5 Å². The summed E-state index contributed by atoms with van der Waals surface area (Å²) in [6, 6.07) is 4.44. The van der Waals surface area contributed by atoms with Crippen LogP contribution in [0.1, 0.15) is 50.7 Å². The van der Waals surface area contributed by atoms with E-state index in [1.807, 2.05) is 0 Å². The maximum atomic E-state index is 6.03. The molecule has 0 atom stereocenters. The van der Waals surface area contributed by atoms with Crippen LogP contribution in [0, 0.1) is 0 Å². The molecule has 2 aliphatic rings. The van der Waals surface area contributed by atoms with E-state index in [-0.39, 0.29) is 0 Å². The average molecular weight is 304 g/mol. The van der Waals surface area contributed by atoms with E-state index in [1.165, 1.54) is 36.8 Å². The fourth-order valence-electron chi connectivity index (χ4n) is 3.15. The summed E-state index contributed by atoms with van der Waals surface area (Å²) in [6.45, 7) is 10.0. The molecule has 2 heterocycles. The Balaban J connectivity index is 1.69. The van der Waals surface area contributed by atoms with Crippen LogP contribution in [0.25, 0.3) is 0 Å². The zero-order valence-corrected chi connectivity index (χ0v) is 13.9. The topological polar surface area (TPSA) is 24.9 Å². The average Bonchev–Trinajstić information content (AvgIpc) is 2.57. The lowest BCUT2D eigenvalue weighted by molar-refractivity contribution is 0.0670. The summed E-state index contributed by atoms with van der Waals surface area (Å²) < 4.78 is 12.1. The first-order chi connectivity index (χ1) is 10.8. The number of rotatable bonds is 6. The largest absolute Gasteiger partial charge is 0.474 e. The van der Waals surface area contributed by atoms with Crippen LogP contribution in [-0.2, 0) is 13.1 Å². The van der Waals surface area contributed by atoms with Gasteiger partial charge in [-0.3, -0.25) is 9.80 Å². The van der Waals surface area contributed by atoms with E-state index in [4.69, 9.17) is 9.47 Å². The van der Waals surface area contributed by atoms with Gasteiger partial charge in [0.05, 0.1) is 0 Å². The van der Waals surface area contributed by atoms with Crippen molar-refractivity contribution in [3.8, 4) is 11.5 Å². The van der Waals surface area contributed by atoms with Gasteiger partial charge in [-0.15, -0.1) is 0 Å². The molecule has 122 valence electrons. The smallest absolute Gasteiger partial charge is 0.168 e. The van der Waals surface area contributed by atoms with Crippen LogP contribution in [0.4, 0.5) is 0 Å². The number of ether oxygens (including phenoxy) is 2. The number of unbranched alkanes of at least 4 members (excludes halogenated alkanes) is 2. The molecule has 0 bridgehead atoms. The van der Waals surface area contributed by atoms with Crippen molar-refractivity contribution in [1.29, 1.82) is 0 Å². The fourth-order valence-corrected chi connectivity index (χ4v) is 3.15. The summed E-state index contributed by atoms with van der Waals surface area (Å²) in [7, 11) is 0. The van der Waals surface area contributed by atoms with Crippen molar-refractivity contribution in [2.45, 2.75) is 52.6 Å². The van der Waals surface area contributed by atoms with Crippen molar-refractivity contribution in [1.82, 2.24) is 9.80 Å². The minimum Gasteiger partial charge on any atom is -0.474 e. The zero-order valence-electron chi connectivity index (χ0n) is 13.9. The molecule has 0 radical (unpaired) electrons. The minimum atomic E-state index is 0.687. The Kier molecular flexibility index (Phi) is 5.21. The van der Waals surface area contributed by atoms with E-state index in [2.05, 4.69) is 35.8 Å². The lowest BCUT2D eigenvalue weighted by Gasteiger charge is -2.34. The zero-order chi connectivity index (χ0) is 15.4. The third-order valence-corrected chi connectivity index (χ3v) is 4.50. The van der Waals surface area contributed by atoms with Crippen LogP contribution in [0.5, 0.6) is 11.5 Å². The van der Waals surface area contributed by atoms with E-state index in [0.29, 0.717) is 13.5 Å². The van der Waals surface area contributed by atoms with Crippen LogP contribution < -0.4 is 9.47 Å². The third kappa shape index (κ3) is 3.39. The highest BCUT2D eigenvalue weighted by atomic mass is 16.5. The lowest BCUT2D eigenvalue weighted by Crippen LogP contribution is -2.36. The number of hydrogen-bond donors (Lipinski definition) is 0. The molecule has 1 aromatic rings. The van der Waals surface area contributed by atoms with Gasteiger partial charge in [0, 0.05) is 37.3 Å². The van der Waals surface area contributed by atoms with Gasteiger partial charge in [0.2, 0.25) is 0 Å². The highest BCUT2D eigenvalue weighted by molar-refractivity contribution is 5.53. The van der Waals surface area contributed by atoms with E-state index in [0.717, 1.165) is 37.7 Å². The number of hydrogen-bond acceptors (Lipinski definition) is 4. The molecule has 4 nitrogen and oxygen atoms in total. The molecule has 0 N–H and O–H groups in total. The summed E-state index contributed by atoms with van der Waals surface area (Å²) in [5.74, 6) is 1.97. The molecule has 0 aliphatic carbocycles. The molecule has 0 spiro atoms. The first-order valence-electron chi connectivity index (χ1n) is 8.66. The van der Waals surface area contributed by atoms with Crippen LogP contribution in [0.15, 0.2) is 12.1 Å². The third-order valence-electron chi connectivity index (χ3n) is 4.50. The maximum absolute atomic E-state index is 6.03. The van der Waals surface area contributed by atoms with Crippen LogP contribution in [0.3, 0.4) is 0 Å². The molecule has 0 aromatic heterocycles. The second-order valence-electron chi connectivity index (χ2n) is 6.40. The van der Waals surface area contributed by atoms with Gasteiger partial charge in [0.1, 0.15) is 13.5 Å². The minimum absolute atomic E-state index is 0.687. The lowest BCUT2D eigenvalue weighted by atomic mass is 10.1. The van der Waals surface area contributed by atoms with Crippen LogP contribution in [-0.4, -0.2) is 36.4 Å². The quantitative estimate of drug-likeness (QED) is 0.802. The van der Waals surface area contributed by atoms with Crippen LogP contribution in [0.2, 0.25) is 0 Å². The van der Waals surface area contributed by atoms with E-state index in [1.54, 1.807) is 0 Å². The van der Waals surface area contributed by atoms with Crippen molar-refractivity contribution in [2.75, 3.05) is 26.6 Å². The van der Waals surface area contributed by atoms with Gasteiger partial charge in [-0.2, -0.15) is 0 Å². The van der Waals surface area contributed by atoms with E-state index >= 15 is 0 Å². The van der Waals surface area contributed by atoms with Gasteiger partial charge in [-0.05, 0) is 12.8 Å². The van der Waals surface area contributed by atoms with Crippen molar-refractivity contribution in [2.24, 2.45) is 0 Å². The molecule has 1 aromatic carbocycles. The molecule has 2 aliphatic heterocycles. The van der Waals surface area contributed by atoms with E-state index < -0.39 is 0 Å². The van der Waals surface area contributed by atoms with Gasteiger partial charge >= 0.3 is 0 Å².